The highest BCUT2D eigenvalue weighted by Gasteiger charge is 2.39. The summed E-state index contributed by atoms with van der Waals surface area (Å²) in [4.78, 5) is 43.6. The van der Waals surface area contributed by atoms with Gasteiger partial charge in [-0.3, -0.25) is 14.4 Å². The number of benzene rings is 1. The molecule has 1 saturated carbocycles. The van der Waals surface area contributed by atoms with Crippen molar-refractivity contribution < 1.29 is 37.0 Å². The molecule has 2 heterocycles. The molecule has 2 aliphatic rings. The van der Waals surface area contributed by atoms with Crippen LogP contribution in [0, 0.1) is 0 Å². The second-order valence-corrected chi connectivity index (χ2v) is 9.06. The maximum atomic E-state index is 12.6. The summed E-state index contributed by atoms with van der Waals surface area (Å²) in [5.41, 5.74) is -0.190. The Morgan fingerprint density at radius 2 is 1.94 bits per heavy atom. The van der Waals surface area contributed by atoms with Crippen LogP contribution in [0.2, 0.25) is 5.02 Å². The van der Waals surface area contributed by atoms with E-state index >= 15 is 0 Å². The average Bonchev–Trinajstić information content (AvgIpc) is 2.81. The predicted octanol–water partition coefficient (Wildman–Crippen LogP) is 3.11. The number of aromatic nitrogens is 2. The molecule has 0 unspecified atom stereocenters. The van der Waals surface area contributed by atoms with Gasteiger partial charge in [0.25, 0.3) is 11.8 Å². The van der Waals surface area contributed by atoms with Gasteiger partial charge in [0.2, 0.25) is 5.82 Å². The van der Waals surface area contributed by atoms with Crippen LogP contribution in [0.1, 0.15) is 48.3 Å². The van der Waals surface area contributed by atoms with E-state index in [4.69, 9.17) is 21.1 Å². The van der Waals surface area contributed by atoms with Gasteiger partial charge in [-0.05, 0) is 43.9 Å². The number of ketones is 1. The zero-order chi connectivity index (χ0) is 25.9. The lowest BCUT2D eigenvalue weighted by Gasteiger charge is -2.42. The van der Waals surface area contributed by atoms with E-state index in [1.807, 2.05) is 0 Å². The molecule has 1 atom stereocenters. The first-order chi connectivity index (χ1) is 17.0. The number of hydrogen-bond donors (Lipinski definition) is 2. The normalized spacial score (nSPS) is 18.3. The van der Waals surface area contributed by atoms with E-state index in [1.165, 1.54) is 6.07 Å². The molecule has 1 aromatic carbocycles. The molecule has 1 aliphatic carbocycles. The summed E-state index contributed by atoms with van der Waals surface area (Å²) in [5, 5.41) is 6.04. The van der Waals surface area contributed by atoms with Crippen LogP contribution >= 0.6 is 11.6 Å². The summed E-state index contributed by atoms with van der Waals surface area (Å²) >= 11 is 5.91. The molecule has 36 heavy (non-hydrogen) atoms. The Balaban J connectivity index is 1.23. The number of carbonyl (C=O) groups excluding carboxylic acids is 3. The SMILES string of the molecule is O=C(COc1cnc(C(F)(F)F)nc1)NC1(CCNC(=O)[C@H]2CC(=O)c3cc(Cl)ccc3O2)CCC1. The van der Waals surface area contributed by atoms with Gasteiger partial charge >= 0.3 is 6.18 Å². The molecule has 1 aromatic heterocycles. The molecule has 0 spiro atoms. The molecule has 0 radical (unpaired) electrons. The Hall–Kier alpha value is -3.41. The van der Waals surface area contributed by atoms with Crippen LogP contribution in [-0.4, -0.2) is 52.4 Å². The Bertz CT molecular complexity index is 1160. The highest BCUT2D eigenvalue weighted by atomic mass is 35.5. The fourth-order valence-corrected chi connectivity index (χ4v) is 4.21. The Labute approximate surface area is 208 Å². The van der Waals surface area contributed by atoms with Gasteiger partial charge in [-0.25, -0.2) is 9.97 Å². The number of halogens is 4. The molecule has 2 N–H and O–H groups in total. The molecule has 2 amide bonds. The summed E-state index contributed by atoms with van der Waals surface area (Å²) in [5.74, 6) is -2.20. The van der Waals surface area contributed by atoms with E-state index in [9.17, 15) is 27.6 Å². The van der Waals surface area contributed by atoms with E-state index in [-0.39, 0.29) is 24.5 Å². The third-order valence-electron chi connectivity index (χ3n) is 6.04. The Morgan fingerprint density at radius 1 is 1.22 bits per heavy atom. The van der Waals surface area contributed by atoms with Crippen molar-refractivity contribution in [1.29, 1.82) is 0 Å². The predicted molar refractivity (Wildman–Crippen MR) is 120 cm³/mol. The number of carbonyl (C=O) groups is 3. The number of nitrogens with zero attached hydrogens (tertiary/aromatic N) is 2. The van der Waals surface area contributed by atoms with Crippen LogP contribution in [0.25, 0.3) is 0 Å². The van der Waals surface area contributed by atoms with E-state index in [2.05, 4.69) is 20.6 Å². The Kier molecular flexibility index (Phi) is 7.34. The molecule has 4 rings (SSSR count). The van der Waals surface area contributed by atoms with Crippen molar-refractivity contribution in [2.45, 2.75) is 49.9 Å². The minimum atomic E-state index is -4.67. The molecule has 0 bridgehead atoms. The third-order valence-corrected chi connectivity index (χ3v) is 6.28. The second kappa shape index (κ2) is 10.3. The zero-order valence-corrected chi connectivity index (χ0v) is 19.6. The molecular weight excluding hydrogens is 505 g/mol. The topological polar surface area (TPSA) is 120 Å². The van der Waals surface area contributed by atoms with Gasteiger partial charge in [0.1, 0.15) is 5.75 Å². The number of fused-ring (bicyclic) bond motifs is 1. The summed E-state index contributed by atoms with van der Waals surface area (Å²) in [6, 6.07) is 4.63. The standard InChI is InChI=1S/C23H22ClF3N4O5/c24-13-2-3-17-15(8-13)16(32)9-18(36-17)20(34)28-7-6-22(4-1-5-22)31-19(33)12-35-14-10-29-21(30-11-14)23(25,26)27/h2-3,8,10-11,18H,1,4-7,9,12H2,(H,28,34)(H,31,33)/t18-/m1/s1. The lowest BCUT2D eigenvalue weighted by molar-refractivity contribution is -0.145. The largest absolute Gasteiger partial charge is 0.481 e. The minimum absolute atomic E-state index is 0.0704. The highest BCUT2D eigenvalue weighted by Crippen LogP contribution is 2.35. The summed E-state index contributed by atoms with van der Waals surface area (Å²) in [6.07, 6.45) is -1.30. The van der Waals surface area contributed by atoms with Gasteiger partial charge in [0, 0.05) is 17.1 Å². The van der Waals surface area contributed by atoms with Crippen molar-refractivity contribution >= 4 is 29.2 Å². The number of rotatable bonds is 8. The van der Waals surface area contributed by atoms with Crippen molar-refractivity contribution in [3.63, 3.8) is 0 Å². The number of ether oxygens (including phenoxy) is 2. The first-order valence-corrected chi connectivity index (χ1v) is 11.5. The van der Waals surface area contributed by atoms with Crippen molar-refractivity contribution in [3.05, 3.63) is 47.0 Å². The number of nitrogens with one attached hydrogen (secondary N) is 2. The van der Waals surface area contributed by atoms with Crippen LogP contribution in [0.3, 0.4) is 0 Å². The Morgan fingerprint density at radius 3 is 2.58 bits per heavy atom. The van der Waals surface area contributed by atoms with E-state index in [0.29, 0.717) is 35.6 Å². The maximum Gasteiger partial charge on any atom is 0.451 e. The fourth-order valence-electron chi connectivity index (χ4n) is 4.04. The van der Waals surface area contributed by atoms with Gasteiger partial charge < -0.3 is 20.1 Å². The lowest BCUT2D eigenvalue weighted by Crippen LogP contribution is -2.56. The quantitative estimate of drug-likeness (QED) is 0.542. The molecular formula is C23H22ClF3N4O5. The van der Waals surface area contributed by atoms with Crippen LogP contribution in [0.5, 0.6) is 11.5 Å². The number of amides is 2. The second-order valence-electron chi connectivity index (χ2n) is 8.63. The van der Waals surface area contributed by atoms with Gasteiger partial charge in [0.15, 0.2) is 24.2 Å². The smallest absolute Gasteiger partial charge is 0.451 e. The van der Waals surface area contributed by atoms with Crippen molar-refractivity contribution in [2.75, 3.05) is 13.2 Å². The molecule has 192 valence electrons. The number of alkyl halides is 3. The van der Waals surface area contributed by atoms with E-state index in [0.717, 1.165) is 18.8 Å². The van der Waals surface area contributed by atoms with Crippen molar-refractivity contribution in [1.82, 2.24) is 20.6 Å². The van der Waals surface area contributed by atoms with Crippen LogP contribution < -0.4 is 20.1 Å². The van der Waals surface area contributed by atoms with E-state index < -0.39 is 42.1 Å². The molecule has 0 saturated heterocycles. The first-order valence-electron chi connectivity index (χ1n) is 11.1. The zero-order valence-electron chi connectivity index (χ0n) is 18.9. The van der Waals surface area contributed by atoms with Crippen molar-refractivity contribution in [3.8, 4) is 11.5 Å². The number of Topliss-reactive ketones (excluding diaryl/α,β-unsaturated/α-hetero) is 1. The van der Waals surface area contributed by atoms with E-state index in [1.54, 1.807) is 12.1 Å². The van der Waals surface area contributed by atoms with Crippen LogP contribution in [0.4, 0.5) is 13.2 Å². The third kappa shape index (κ3) is 6.04. The average molecular weight is 527 g/mol. The lowest BCUT2D eigenvalue weighted by atomic mass is 9.74. The molecule has 1 aliphatic heterocycles. The van der Waals surface area contributed by atoms with Crippen LogP contribution in [-0.2, 0) is 15.8 Å². The monoisotopic (exact) mass is 526 g/mol. The molecule has 13 heteroatoms. The maximum absolute atomic E-state index is 12.6. The molecule has 2 aromatic rings. The van der Waals surface area contributed by atoms with Crippen LogP contribution in [0.15, 0.2) is 30.6 Å². The van der Waals surface area contributed by atoms with Crippen molar-refractivity contribution in [2.24, 2.45) is 0 Å². The van der Waals surface area contributed by atoms with Gasteiger partial charge in [-0.15, -0.1) is 0 Å². The van der Waals surface area contributed by atoms with Gasteiger partial charge in [0.05, 0.1) is 24.4 Å². The fraction of sp³-hybridized carbons (Fsp3) is 0.435. The highest BCUT2D eigenvalue weighted by molar-refractivity contribution is 6.31. The first kappa shape index (κ1) is 25.7. The molecule has 9 nitrogen and oxygen atoms in total. The van der Waals surface area contributed by atoms with Gasteiger partial charge in [-0.1, -0.05) is 11.6 Å². The summed E-state index contributed by atoms with van der Waals surface area (Å²) in [7, 11) is 0. The molecule has 1 fully saturated rings. The minimum Gasteiger partial charge on any atom is -0.481 e. The summed E-state index contributed by atoms with van der Waals surface area (Å²) < 4.78 is 48.4. The van der Waals surface area contributed by atoms with Gasteiger partial charge in [-0.2, -0.15) is 13.2 Å². The number of hydrogen-bond acceptors (Lipinski definition) is 7. The summed E-state index contributed by atoms with van der Waals surface area (Å²) in [6.45, 7) is -0.182.